The minimum atomic E-state index is -2.99. The van der Waals surface area contributed by atoms with Gasteiger partial charge in [0, 0.05) is 15.6 Å². The molecular weight excluding hydrogens is 336 g/mol. The zero-order valence-corrected chi connectivity index (χ0v) is 13.4. The highest BCUT2D eigenvalue weighted by molar-refractivity contribution is 9.10. The molecule has 0 bridgehead atoms. The Morgan fingerprint density at radius 1 is 1.50 bits per heavy atom. The van der Waals surface area contributed by atoms with Gasteiger partial charge in [0.25, 0.3) is 0 Å². The van der Waals surface area contributed by atoms with Crippen LogP contribution in [0.2, 0.25) is 0 Å². The van der Waals surface area contributed by atoms with Crippen LogP contribution in [0.1, 0.15) is 36.7 Å². The standard InChI is InChI=1S/C12H17BrO3S2/c1-18(15,16)9-4-2-3-8(7-9)11(14)12-10(13)5-6-17-12/h5-6,8-9,11,14H,2-4,7H2,1H3. The Hall–Kier alpha value is 0.0900. The van der Waals surface area contributed by atoms with Crippen LogP contribution >= 0.6 is 27.3 Å². The van der Waals surface area contributed by atoms with E-state index in [4.69, 9.17) is 0 Å². The van der Waals surface area contributed by atoms with E-state index in [1.165, 1.54) is 17.6 Å². The molecule has 1 aliphatic rings. The Morgan fingerprint density at radius 2 is 2.22 bits per heavy atom. The van der Waals surface area contributed by atoms with Gasteiger partial charge in [-0.15, -0.1) is 11.3 Å². The summed E-state index contributed by atoms with van der Waals surface area (Å²) in [6, 6.07) is 1.92. The van der Waals surface area contributed by atoms with Gasteiger partial charge in [0.1, 0.15) is 9.84 Å². The quantitative estimate of drug-likeness (QED) is 0.908. The van der Waals surface area contributed by atoms with E-state index in [1.807, 2.05) is 11.4 Å². The predicted octanol–water partition coefficient (Wildman–Crippen LogP) is 3.15. The van der Waals surface area contributed by atoms with E-state index in [0.717, 1.165) is 28.6 Å². The molecule has 0 amide bonds. The largest absolute Gasteiger partial charge is 0.387 e. The lowest BCUT2D eigenvalue weighted by molar-refractivity contribution is 0.0882. The summed E-state index contributed by atoms with van der Waals surface area (Å²) in [4.78, 5) is 0.911. The van der Waals surface area contributed by atoms with Crippen molar-refractivity contribution in [3.63, 3.8) is 0 Å². The molecule has 1 fully saturated rings. The molecule has 0 spiro atoms. The molecule has 102 valence electrons. The lowest BCUT2D eigenvalue weighted by atomic mass is 9.84. The Labute approximate surface area is 120 Å². The van der Waals surface area contributed by atoms with Crippen molar-refractivity contribution < 1.29 is 13.5 Å². The summed E-state index contributed by atoms with van der Waals surface area (Å²) in [7, 11) is -2.99. The smallest absolute Gasteiger partial charge is 0.150 e. The molecule has 0 aromatic carbocycles. The molecule has 0 saturated heterocycles. The first-order valence-corrected chi connectivity index (χ1v) is 9.62. The van der Waals surface area contributed by atoms with Crippen LogP contribution in [-0.4, -0.2) is 25.0 Å². The molecule has 1 aromatic rings. The summed E-state index contributed by atoms with van der Waals surface area (Å²) < 4.78 is 24.2. The minimum Gasteiger partial charge on any atom is -0.387 e. The molecule has 3 atom stereocenters. The average molecular weight is 353 g/mol. The summed E-state index contributed by atoms with van der Waals surface area (Å²) in [6.45, 7) is 0. The minimum absolute atomic E-state index is 0.0495. The summed E-state index contributed by atoms with van der Waals surface area (Å²) in [5.41, 5.74) is 0. The first kappa shape index (κ1) is 14.5. The Balaban J connectivity index is 2.12. The van der Waals surface area contributed by atoms with Crippen LogP contribution in [0.5, 0.6) is 0 Å². The molecule has 1 heterocycles. The number of hydrogen-bond acceptors (Lipinski definition) is 4. The molecule has 1 N–H and O–H groups in total. The molecule has 3 nitrogen and oxygen atoms in total. The molecule has 1 aliphatic carbocycles. The van der Waals surface area contributed by atoms with Gasteiger partial charge in [-0.25, -0.2) is 8.42 Å². The monoisotopic (exact) mass is 352 g/mol. The second-order valence-corrected chi connectivity index (χ2v) is 9.08. The van der Waals surface area contributed by atoms with Gasteiger partial charge in [-0.1, -0.05) is 6.42 Å². The van der Waals surface area contributed by atoms with E-state index in [9.17, 15) is 13.5 Å². The van der Waals surface area contributed by atoms with E-state index >= 15 is 0 Å². The van der Waals surface area contributed by atoms with Crippen LogP contribution < -0.4 is 0 Å². The van der Waals surface area contributed by atoms with E-state index < -0.39 is 15.9 Å². The highest BCUT2D eigenvalue weighted by Gasteiger charge is 2.33. The second kappa shape index (κ2) is 5.61. The van der Waals surface area contributed by atoms with E-state index in [-0.39, 0.29) is 11.2 Å². The molecule has 18 heavy (non-hydrogen) atoms. The molecule has 1 saturated carbocycles. The van der Waals surface area contributed by atoms with Gasteiger partial charge >= 0.3 is 0 Å². The number of hydrogen-bond donors (Lipinski definition) is 1. The normalized spacial score (nSPS) is 27.1. The fourth-order valence-corrected chi connectivity index (χ4v) is 5.46. The van der Waals surface area contributed by atoms with E-state index in [1.54, 1.807) is 0 Å². The fourth-order valence-electron chi connectivity index (χ4n) is 2.59. The van der Waals surface area contributed by atoms with Crippen molar-refractivity contribution in [2.24, 2.45) is 5.92 Å². The Morgan fingerprint density at radius 3 is 2.78 bits per heavy atom. The van der Waals surface area contributed by atoms with Gasteiger partial charge in [0.05, 0.1) is 11.4 Å². The summed E-state index contributed by atoms with van der Waals surface area (Å²) in [5.74, 6) is 0.0495. The van der Waals surface area contributed by atoms with Gasteiger partial charge in [-0.2, -0.15) is 0 Å². The number of sulfone groups is 1. The third-order valence-electron chi connectivity index (χ3n) is 3.63. The van der Waals surface area contributed by atoms with Crippen LogP contribution in [0.3, 0.4) is 0 Å². The van der Waals surface area contributed by atoms with Crippen molar-refractivity contribution >= 4 is 37.1 Å². The van der Waals surface area contributed by atoms with Crippen LogP contribution in [-0.2, 0) is 9.84 Å². The first-order chi connectivity index (χ1) is 8.39. The number of rotatable bonds is 3. The molecule has 2 rings (SSSR count). The zero-order chi connectivity index (χ0) is 13.3. The maximum atomic E-state index is 11.6. The van der Waals surface area contributed by atoms with Crippen molar-refractivity contribution in [3.8, 4) is 0 Å². The van der Waals surface area contributed by atoms with E-state index in [2.05, 4.69) is 15.9 Å². The Kier molecular flexibility index (Phi) is 4.52. The maximum Gasteiger partial charge on any atom is 0.150 e. The average Bonchev–Trinajstić information content (AvgIpc) is 2.73. The lowest BCUT2D eigenvalue weighted by Crippen LogP contribution is -2.30. The summed E-state index contributed by atoms with van der Waals surface area (Å²) in [6.07, 6.45) is 3.83. The fraction of sp³-hybridized carbons (Fsp3) is 0.667. The molecule has 3 unspecified atom stereocenters. The van der Waals surface area contributed by atoms with Crippen LogP contribution in [0, 0.1) is 5.92 Å². The molecule has 0 radical (unpaired) electrons. The van der Waals surface area contributed by atoms with Crippen LogP contribution in [0.15, 0.2) is 15.9 Å². The van der Waals surface area contributed by atoms with Crippen molar-refractivity contribution in [2.75, 3.05) is 6.26 Å². The lowest BCUT2D eigenvalue weighted by Gasteiger charge is -2.31. The number of aliphatic hydroxyl groups is 1. The topological polar surface area (TPSA) is 54.4 Å². The molecule has 1 aromatic heterocycles. The van der Waals surface area contributed by atoms with E-state index in [0.29, 0.717) is 6.42 Å². The SMILES string of the molecule is CS(=O)(=O)C1CCCC(C(O)c2sccc2Br)C1. The second-order valence-electron chi connectivity index (χ2n) is 4.96. The highest BCUT2D eigenvalue weighted by Crippen LogP contribution is 2.40. The van der Waals surface area contributed by atoms with Crippen molar-refractivity contribution in [1.29, 1.82) is 0 Å². The highest BCUT2D eigenvalue weighted by atomic mass is 79.9. The third-order valence-corrected chi connectivity index (χ3v) is 7.21. The van der Waals surface area contributed by atoms with Crippen molar-refractivity contribution in [1.82, 2.24) is 0 Å². The molecular formula is C12H17BrO3S2. The predicted molar refractivity (Wildman–Crippen MR) is 77.6 cm³/mol. The molecule has 6 heteroatoms. The number of halogens is 1. The van der Waals surface area contributed by atoms with Gasteiger partial charge in [-0.05, 0) is 52.6 Å². The van der Waals surface area contributed by atoms with Crippen LogP contribution in [0.4, 0.5) is 0 Å². The van der Waals surface area contributed by atoms with Crippen molar-refractivity contribution in [2.45, 2.75) is 37.0 Å². The summed E-state index contributed by atoms with van der Waals surface area (Å²) in [5, 5.41) is 12.0. The van der Waals surface area contributed by atoms with Crippen molar-refractivity contribution in [3.05, 3.63) is 20.8 Å². The first-order valence-electron chi connectivity index (χ1n) is 5.99. The number of aliphatic hydroxyl groups excluding tert-OH is 1. The molecule has 0 aliphatic heterocycles. The van der Waals surface area contributed by atoms with Gasteiger partial charge in [0.15, 0.2) is 0 Å². The van der Waals surface area contributed by atoms with Gasteiger partial charge in [0.2, 0.25) is 0 Å². The number of thiophene rings is 1. The van der Waals surface area contributed by atoms with Gasteiger partial charge in [-0.3, -0.25) is 0 Å². The Bertz CT molecular complexity index is 509. The summed E-state index contributed by atoms with van der Waals surface area (Å²) >= 11 is 4.93. The maximum absolute atomic E-state index is 11.6. The van der Waals surface area contributed by atoms with Crippen LogP contribution in [0.25, 0.3) is 0 Å². The zero-order valence-electron chi connectivity index (χ0n) is 10.2. The van der Waals surface area contributed by atoms with Gasteiger partial charge < -0.3 is 5.11 Å². The third kappa shape index (κ3) is 3.15.